The summed E-state index contributed by atoms with van der Waals surface area (Å²) in [7, 11) is -5.13. The quantitative estimate of drug-likeness (QED) is 0.0949. The molecule has 2 amide bonds. The predicted molar refractivity (Wildman–Crippen MR) is 255 cm³/mol. The van der Waals surface area contributed by atoms with Crippen LogP contribution in [0.1, 0.15) is 63.1 Å². The molecule has 3 heterocycles. The monoisotopic (exact) mass is 989 g/mol. The van der Waals surface area contributed by atoms with E-state index in [0.29, 0.717) is 41.5 Å². The van der Waals surface area contributed by atoms with Gasteiger partial charge >= 0.3 is 12.2 Å². The van der Waals surface area contributed by atoms with Crippen LogP contribution in [0.4, 0.5) is 15.3 Å². The summed E-state index contributed by atoms with van der Waals surface area (Å²) in [5.74, 6) is 1.49. The van der Waals surface area contributed by atoms with Gasteiger partial charge in [0.2, 0.25) is 25.9 Å². The number of hydrogen-bond acceptors (Lipinski definition) is 15. The fraction of sp³-hybridized carbons (Fsp3) is 0.426. The van der Waals surface area contributed by atoms with E-state index >= 15 is 8.42 Å². The SMILES string of the molecule is COc1ccc(CN(Cc2ccc(OC)cc2)S(=O)(=O)c2c(S(=O)(=O)NC3CCN(C(=O)OC(C)(C)C)C3)ccc(NCOC(=O)N3CCCCC3)c2-c2nnn(Cc3ccc(OC)cc3)n2)cc1. The van der Waals surface area contributed by atoms with Crippen LogP contribution in [-0.2, 0) is 49.2 Å². The highest BCUT2D eigenvalue weighted by molar-refractivity contribution is 7.92. The van der Waals surface area contributed by atoms with Gasteiger partial charge in [-0.1, -0.05) is 36.4 Å². The molecule has 1 unspecified atom stereocenters. The molecule has 370 valence electrons. The Bertz CT molecular complexity index is 2730. The Kier molecular flexibility index (Phi) is 16.0. The molecule has 20 nitrogen and oxygen atoms in total. The zero-order valence-electron chi connectivity index (χ0n) is 39.6. The van der Waals surface area contributed by atoms with Crippen molar-refractivity contribution in [1.82, 2.24) is 39.0 Å². The summed E-state index contributed by atoms with van der Waals surface area (Å²) in [6.45, 7) is 5.66. The molecule has 5 aromatic rings. The van der Waals surface area contributed by atoms with Crippen molar-refractivity contribution in [1.29, 1.82) is 0 Å². The minimum absolute atomic E-state index is 0.0343. The number of methoxy groups -OCH3 is 3. The van der Waals surface area contributed by atoms with Crippen LogP contribution < -0.4 is 24.2 Å². The van der Waals surface area contributed by atoms with Crippen molar-refractivity contribution >= 4 is 37.9 Å². The Morgan fingerprint density at radius 3 is 1.84 bits per heavy atom. The van der Waals surface area contributed by atoms with Gasteiger partial charge in [0.05, 0.1) is 33.4 Å². The van der Waals surface area contributed by atoms with Gasteiger partial charge in [0.15, 0.2) is 6.73 Å². The van der Waals surface area contributed by atoms with E-state index in [4.69, 9.17) is 23.7 Å². The number of nitrogens with one attached hydrogen (secondary N) is 2. The molecule has 69 heavy (non-hydrogen) atoms. The van der Waals surface area contributed by atoms with Gasteiger partial charge in [-0.15, -0.1) is 10.2 Å². The van der Waals surface area contributed by atoms with E-state index in [0.717, 1.165) is 29.1 Å². The maximum Gasteiger partial charge on any atom is 0.411 e. The topological polar surface area (TPSA) is 226 Å². The van der Waals surface area contributed by atoms with E-state index in [1.807, 2.05) is 12.1 Å². The average Bonchev–Trinajstić information content (AvgIpc) is 4.01. The molecule has 2 saturated heterocycles. The Morgan fingerprint density at radius 2 is 1.29 bits per heavy atom. The summed E-state index contributed by atoms with van der Waals surface area (Å²) in [5, 5.41) is 16.3. The van der Waals surface area contributed by atoms with Gasteiger partial charge in [0.1, 0.15) is 32.6 Å². The highest BCUT2D eigenvalue weighted by Gasteiger charge is 2.40. The molecule has 0 aliphatic carbocycles. The lowest BCUT2D eigenvalue weighted by Crippen LogP contribution is -2.41. The first-order chi connectivity index (χ1) is 33.0. The van der Waals surface area contributed by atoms with E-state index < -0.39 is 60.4 Å². The number of carbonyl (C=O) groups is 2. The van der Waals surface area contributed by atoms with Crippen LogP contribution in [0.3, 0.4) is 0 Å². The summed E-state index contributed by atoms with van der Waals surface area (Å²) < 4.78 is 93.0. The van der Waals surface area contributed by atoms with Crippen molar-refractivity contribution in [3.8, 4) is 28.6 Å². The van der Waals surface area contributed by atoms with E-state index in [-0.39, 0.29) is 56.2 Å². The van der Waals surface area contributed by atoms with E-state index in [2.05, 4.69) is 25.4 Å². The van der Waals surface area contributed by atoms with Gasteiger partial charge < -0.3 is 38.8 Å². The summed E-state index contributed by atoms with van der Waals surface area (Å²) >= 11 is 0. The Hall–Kier alpha value is -6.49. The molecular weight excluding hydrogens is 931 g/mol. The van der Waals surface area contributed by atoms with Crippen molar-refractivity contribution in [2.75, 3.05) is 59.6 Å². The van der Waals surface area contributed by atoms with E-state index in [9.17, 15) is 18.0 Å². The normalized spacial score (nSPS) is 15.5. The predicted octanol–water partition coefficient (Wildman–Crippen LogP) is 6.08. The van der Waals surface area contributed by atoms with Crippen LogP contribution in [0, 0.1) is 0 Å². The molecule has 0 bridgehead atoms. The third-order valence-electron chi connectivity index (χ3n) is 11.4. The molecule has 7 rings (SSSR count). The van der Waals surface area contributed by atoms with Gasteiger partial charge in [0.25, 0.3) is 0 Å². The van der Waals surface area contributed by atoms with Crippen LogP contribution >= 0.6 is 0 Å². The highest BCUT2D eigenvalue weighted by Crippen LogP contribution is 2.40. The number of hydrogen-bond donors (Lipinski definition) is 2. The zero-order chi connectivity index (χ0) is 49.3. The Morgan fingerprint density at radius 1 is 0.725 bits per heavy atom. The lowest BCUT2D eigenvalue weighted by molar-refractivity contribution is 0.0291. The summed E-state index contributed by atoms with van der Waals surface area (Å²) in [4.78, 5) is 29.2. The van der Waals surface area contributed by atoms with Gasteiger partial charge in [0, 0.05) is 51.0 Å². The lowest BCUT2D eigenvalue weighted by Gasteiger charge is -2.27. The number of tetrazole rings is 1. The first kappa shape index (κ1) is 50.4. The van der Waals surface area contributed by atoms with Crippen LogP contribution in [0.2, 0.25) is 0 Å². The summed E-state index contributed by atoms with van der Waals surface area (Å²) in [6, 6.07) is 22.5. The number of amides is 2. The molecule has 0 saturated carbocycles. The number of benzene rings is 4. The Balaban J connectivity index is 1.37. The van der Waals surface area contributed by atoms with E-state index in [1.54, 1.807) is 93.4 Å². The van der Waals surface area contributed by atoms with Crippen molar-refractivity contribution < 1.29 is 50.1 Å². The van der Waals surface area contributed by atoms with Crippen molar-refractivity contribution in [3.63, 3.8) is 0 Å². The zero-order valence-corrected chi connectivity index (χ0v) is 41.2. The van der Waals surface area contributed by atoms with Crippen LogP contribution in [0.25, 0.3) is 11.4 Å². The third-order valence-corrected chi connectivity index (χ3v) is 15.0. The smallest absolute Gasteiger partial charge is 0.411 e. The fourth-order valence-electron chi connectivity index (χ4n) is 7.90. The molecule has 4 aromatic carbocycles. The number of rotatable bonds is 18. The Labute approximate surface area is 402 Å². The lowest BCUT2D eigenvalue weighted by atomic mass is 10.1. The van der Waals surface area contributed by atoms with Crippen molar-refractivity contribution in [3.05, 3.63) is 102 Å². The minimum atomic E-state index is -4.96. The van der Waals surface area contributed by atoms with Gasteiger partial charge in [-0.2, -0.15) is 9.10 Å². The number of anilines is 1. The molecule has 2 aliphatic rings. The second kappa shape index (κ2) is 21.9. The van der Waals surface area contributed by atoms with Crippen molar-refractivity contribution in [2.45, 2.75) is 87.5 Å². The second-order valence-corrected chi connectivity index (χ2v) is 21.1. The minimum Gasteiger partial charge on any atom is -0.497 e. The number of carbonyl (C=O) groups excluding carboxylic acids is 2. The summed E-state index contributed by atoms with van der Waals surface area (Å²) in [6.07, 6.45) is 1.71. The second-order valence-electron chi connectivity index (χ2n) is 17.6. The third kappa shape index (κ3) is 12.8. The standard InChI is InChI=1S/C47H59N9O11S2/c1-47(2,3)67-46(58)54-27-24-36(31-54)51-68(59,60)41-23-22-40(48-32-66-45(57)53-25-8-7-9-26-53)42(44-49-52-56(50-44)30-35-14-20-39(65-6)21-15-35)43(41)69(61,62)55(28-33-10-16-37(63-4)17-11-33)29-34-12-18-38(64-5)19-13-34/h10-23,36,48,51H,7-9,24-32H2,1-6H3. The fourth-order valence-corrected chi connectivity index (χ4v) is 11.6. The molecule has 1 aromatic heterocycles. The number of piperidine rings is 1. The number of sulfonamides is 2. The maximum absolute atomic E-state index is 16.0. The number of likely N-dealkylation sites (tertiary alicyclic amines) is 2. The van der Waals surface area contributed by atoms with Gasteiger partial charge in [-0.25, -0.2) is 31.1 Å². The van der Waals surface area contributed by atoms with Crippen molar-refractivity contribution in [2.24, 2.45) is 0 Å². The molecule has 0 spiro atoms. The average molecular weight is 990 g/mol. The number of ether oxygens (including phenoxy) is 5. The molecule has 1 atom stereocenters. The van der Waals surface area contributed by atoms with Crippen LogP contribution in [0.15, 0.2) is 94.7 Å². The molecule has 2 N–H and O–H groups in total. The molecular formula is C47H59N9O11S2. The highest BCUT2D eigenvalue weighted by atomic mass is 32.2. The maximum atomic E-state index is 16.0. The summed E-state index contributed by atoms with van der Waals surface area (Å²) in [5.41, 5.74) is 0.890. The molecule has 2 aliphatic heterocycles. The van der Waals surface area contributed by atoms with Gasteiger partial charge in [-0.3, -0.25) is 0 Å². The van der Waals surface area contributed by atoms with Gasteiger partial charge in [-0.05, 0) is 117 Å². The molecule has 0 radical (unpaired) electrons. The number of aromatic nitrogens is 4. The largest absolute Gasteiger partial charge is 0.497 e. The van der Waals surface area contributed by atoms with Crippen LogP contribution in [-0.4, -0.2) is 129 Å². The first-order valence-corrected chi connectivity index (χ1v) is 25.4. The van der Waals surface area contributed by atoms with Crippen LogP contribution in [0.5, 0.6) is 17.2 Å². The molecule has 2 fully saturated rings. The van der Waals surface area contributed by atoms with E-state index in [1.165, 1.54) is 36.0 Å². The first-order valence-electron chi connectivity index (χ1n) is 22.5. The molecule has 22 heteroatoms. The number of nitrogens with zero attached hydrogens (tertiary/aromatic N) is 7.